The molecule has 0 saturated heterocycles. The highest BCUT2D eigenvalue weighted by molar-refractivity contribution is 5.81. The lowest BCUT2D eigenvalue weighted by Crippen LogP contribution is -2.41. The molecule has 0 radical (unpaired) electrons. The predicted molar refractivity (Wildman–Crippen MR) is 79.1 cm³/mol. The van der Waals surface area contributed by atoms with E-state index < -0.39 is 18.1 Å². The molecule has 7 nitrogen and oxygen atoms in total. The average Bonchev–Trinajstić information content (AvgIpc) is 2.50. The largest absolute Gasteiger partial charge is 0.480 e. The number of hydrogen-bond donors (Lipinski definition) is 3. The number of carboxylic acid groups (broad SMARTS) is 1. The number of aliphatic carboxylic acids is 1. The van der Waals surface area contributed by atoms with Crippen molar-refractivity contribution in [3.63, 3.8) is 0 Å². The lowest BCUT2D eigenvalue weighted by molar-refractivity contribution is -0.139. The number of nitrogens with one attached hydrogen (secondary N) is 2. The molecule has 1 rings (SSSR count). The number of ether oxygens (including phenoxy) is 1. The van der Waals surface area contributed by atoms with Crippen molar-refractivity contribution in [3.8, 4) is 0 Å². The van der Waals surface area contributed by atoms with Gasteiger partial charge in [0.05, 0.1) is 0 Å². The molecule has 0 aliphatic heterocycles. The van der Waals surface area contributed by atoms with Crippen LogP contribution in [-0.4, -0.2) is 35.7 Å². The normalized spacial score (nSPS) is 11.3. The molecule has 1 aromatic carbocycles. The van der Waals surface area contributed by atoms with Crippen LogP contribution in [0.1, 0.15) is 25.3 Å². The van der Waals surface area contributed by atoms with Crippen LogP contribution in [0.5, 0.6) is 0 Å². The molecule has 120 valence electrons. The lowest BCUT2D eigenvalue weighted by Gasteiger charge is -2.14. The molecule has 7 heteroatoms. The lowest BCUT2D eigenvalue weighted by atomic mass is 10.1. The highest BCUT2D eigenvalue weighted by Gasteiger charge is 2.21. The van der Waals surface area contributed by atoms with Crippen LogP contribution in [0.2, 0.25) is 0 Å². The Labute approximate surface area is 128 Å². The summed E-state index contributed by atoms with van der Waals surface area (Å²) in [6.45, 7) is 2.30. The summed E-state index contributed by atoms with van der Waals surface area (Å²) < 4.78 is 4.95. The Morgan fingerprint density at radius 2 is 1.91 bits per heavy atom. The van der Waals surface area contributed by atoms with E-state index in [1.807, 2.05) is 18.2 Å². The number of hydrogen-bond acceptors (Lipinski definition) is 4. The van der Waals surface area contributed by atoms with Crippen LogP contribution in [0.3, 0.4) is 0 Å². The standard InChI is InChI=1S/C15H20N2O5/c1-2-16-13(18)9-8-12(14(19)20)17-15(21)22-10-11-6-4-3-5-7-11/h3-7,12H,2,8-10H2,1H3,(H,16,18)(H,17,21)(H,19,20)/t12-/m0/s1. The van der Waals surface area contributed by atoms with E-state index in [0.29, 0.717) is 6.54 Å². The van der Waals surface area contributed by atoms with Gasteiger partial charge in [0.2, 0.25) is 5.91 Å². The molecule has 1 atom stereocenters. The van der Waals surface area contributed by atoms with Crippen molar-refractivity contribution in [2.75, 3.05) is 6.54 Å². The summed E-state index contributed by atoms with van der Waals surface area (Å²) in [6.07, 6.45) is -0.807. The number of carbonyl (C=O) groups is 3. The van der Waals surface area contributed by atoms with Crippen LogP contribution >= 0.6 is 0 Å². The predicted octanol–water partition coefficient (Wildman–Crippen LogP) is 1.28. The van der Waals surface area contributed by atoms with Gasteiger partial charge in [-0.05, 0) is 18.9 Å². The SMILES string of the molecule is CCNC(=O)CC[C@H](NC(=O)OCc1ccccc1)C(=O)O. The molecule has 3 N–H and O–H groups in total. The van der Waals surface area contributed by atoms with Crippen LogP contribution in [0, 0.1) is 0 Å². The maximum absolute atomic E-state index is 11.6. The van der Waals surface area contributed by atoms with E-state index in [2.05, 4.69) is 10.6 Å². The zero-order chi connectivity index (χ0) is 16.4. The van der Waals surface area contributed by atoms with Gasteiger partial charge >= 0.3 is 12.1 Å². The summed E-state index contributed by atoms with van der Waals surface area (Å²) in [6, 6.07) is 7.87. The minimum absolute atomic E-state index is 0.00159. The maximum Gasteiger partial charge on any atom is 0.408 e. The quantitative estimate of drug-likeness (QED) is 0.671. The second kappa shape index (κ2) is 9.38. The van der Waals surface area contributed by atoms with Crippen LogP contribution in [0.15, 0.2) is 30.3 Å². The Bertz CT molecular complexity index is 504. The van der Waals surface area contributed by atoms with Gasteiger partial charge in [0.25, 0.3) is 0 Å². The third kappa shape index (κ3) is 6.74. The van der Waals surface area contributed by atoms with E-state index in [-0.39, 0.29) is 25.4 Å². The topological polar surface area (TPSA) is 105 Å². The van der Waals surface area contributed by atoms with E-state index in [0.717, 1.165) is 5.56 Å². The molecular formula is C15H20N2O5. The van der Waals surface area contributed by atoms with Crippen molar-refractivity contribution >= 4 is 18.0 Å². The molecule has 0 aliphatic carbocycles. The zero-order valence-corrected chi connectivity index (χ0v) is 12.4. The summed E-state index contributed by atoms with van der Waals surface area (Å²) in [7, 11) is 0. The Balaban J connectivity index is 2.40. The smallest absolute Gasteiger partial charge is 0.408 e. The Morgan fingerprint density at radius 1 is 1.23 bits per heavy atom. The van der Waals surface area contributed by atoms with Gasteiger partial charge in [0.15, 0.2) is 0 Å². The molecular weight excluding hydrogens is 288 g/mol. The summed E-state index contributed by atoms with van der Waals surface area (Å²) >= 11 is 0. The fourth-order valence-corrected chi connectivity index (χ4v) is 1.73. The average molecular weight is 308 g/mol. The first-order valence-electron chi connectivity index (χ1n) is 6.99. The molecule has 0 unspecified atom stereocenters. The molecule has 2 amide bonds. The number of carbonyl (C=O) groups excluding carboxylic acids is 2. The Morgan fingerprint density at radius 3 is 2.50 bits per heavy atom. The first-order valence-corrected chi connectivity index (χ1v) is 6.99. The highest BCUT2D eigenvalue weighted by atomic mass is 16.5. The van der Waals surface area contributed by atoms with Crippen molar-refractivity contribution in [2.24, 2.45) is 0 Å². The third-order valence-corrected chi connectivity index (χ3v) is 2.84. The first-order chi connectivity index (χ1) is 10.5. The van der Waals surface area contributed by atoms with Crippen molar-refractivity contribution in [2.45, 2.75) is 32.4 Å². The monoisotopic (exact) mass is 308 g/mol. The van der Waals surface area contributed by atoms with E-state index in [1.54, 1.807) is 19.1 Å². The molecule has 0 heterocycles. The fraction of sp³-hybridized carbons (Fsp3) is 0.400. The maximum atomic E-state index is 11.6. The van der Waals surface area contributed by atoms with Crippen LogP contribution in [0.4, 0.5) is 4.79 Å². The molecule has 0 aromatic heterocycles. The van der Waals surface area contributed by atoms with Crippen molar-refractivity contribution in [3.05, 3.63) is 35.9 Å². The number of carboxylic acids is 1. The van der Waals surface area contributed by atoms with Crippen molar-refractivity contribution in [1.29, 1.82) is 0 Å². The molecule has 1 aromatic rings. The fourth-order valence-electron chi connectivity index (χ4n) is 1.73. The van der Waals surface area contributed by atoms with Gasteiger partial charge in [0, 0.05) is 13.0 Å². The van der Waals surface area contributed by atoms with Gasteiger partial charge in [-0.15, -0.1) is 0 Å². The third-order valence-electron chi connectivity index (χ3n) is 2.84. The van der Waals surface area contributed by atoms with Crippen LogP contribution < -0.4 is 10.6 Å². The number of alkyl carbamates (subject to hydrolysis) is 1. The molecule has 0 saturated carbocycles. The van der Waals surface area contributed by atoms with E-state index in [1.165, 1.54) is 0 Å². The summed E-state index contributed by atoms with van der Waals surface area (Å²) in [5.74, 6) is -1.46. The molecule has 0 spiro atoms. The van der Waals surface area contributed by atoms with E-state index >= 15 is 0 Å². The highest BCUT2D eigenvalue weighted by Crippen LogP contribution is 2.02. The van der Waals surface area contributed by atoms with Crippen molar-refractivity contribution in [1.82, 2.24) is 10.6 Å². The zero-order valence-electron chi connectivity index (χ0n) is 12.4. The number of benzene rings is 1. The number of amides is 2. The Kier molecular flexibility index (Phi) is 7.45. The van der Waals surface area contributed by atoms with Crippen LogP contribution in [0.25, 0.3) is 0 Å². The Hall–Kier alpha value is -2.57. The van der Waals surface area contributed by atoms with Gasteiger partial charge in [-0.1, -0.05) is 30.3 Å². The second-order valence-corrected chi connectivity index (χ2v) is 4.59. The second-order valence-electron chi connectivity index (χ2n) is 4.59. The van der Waals surface area contributed by atoms with Crippen molar-refractivity contribution < 1.29 is 24.2 Å². The molecule has 0 fully saturated rings. The van der Waals surface area contributed by atoms with Gasteiger partial charge < -0.3 is 20.5 Å². The molecule has 0 bridgehead atoms. The van der Waals surface area contributed by atoms with E-state index in [9.17, 15) is 14.4 Å². The molecule has 22 heavy (non-hydrogen) atoms. The van der Waals surface area contributed by atoms with E-state index in [4.69, 9.17) is 9.84 Å². The summed E-state index contributed by atoms with van der Waals surface area (Å²) in [4.78, 5) is 34.0. The van der Waals surface area contributed by atoms with Gasteiger partial charge in [-0.3, -0.25) is 4.79 Å². The van der Waals surface area contributed by atoms with Gasteiger partial charge in [-0.25, -0.2) is 9.59 Å². The summed E-state index contributed by atoms with van der Waals surface area (Å²) in [5, 5.41) is 13.9. The first kappa shape index (κ1) is 17.5. The number of rotatable bonds is 8. The minimum Gasteiger partial charge on any atom is -0.480 e. The minimum atomic E-state index is -1.21. The molecule has 0 aliphatic rings. The van der Waals surface area contributed by atoms with Gasteiger partial charge in [0.1, 0.15) is 12.6 Å². The van der Waals surface area contributed by atoms with Crippen LogP contribution in [-0.2, 0) is 20.9 Å². The summed E-state index contributed by atoms with van der Waals surface area (Å²) in [5.41, 5.74) is 0.798. The van der Waals surface area contributed by atoms with Gasteiger partial charge in [-0.2, -0.15) is 0 Å².